The number of carbonyl (C=O) groups excluding carboxylic acids is 1. The van der Waals surface area contributed by atoms with E-state index >= 15 is 0 Å². The molecule has 2 aromatic rings. The Morgan fingerprint density at radius 3 is 2.46 bits per heavy atom. The second-order valence-corrected chi connectivity index (χ2v) is 8.99. The minimum absolute atomic E-state index is 0.0747. The Bertz CT molecular complexity index is 885. The number of sulfonamides is 1. The summed E-state index contributed by atoms with van der Waals surface area (Å²) in [6.45, 7) is 0.754. The number of nitrogens with zero attached hydrogens (tertiary/aromatic N) is 1. The molecule has 0 aromatic heterocycles. The van der Waals surface area contributed by atoms with Crippen LogP contribution < -0.4 is 10.1 Å². The molecule has 0 radical (unpaired) electrons. The quantitative estimate of drug-likeness (QED) is 0.595. The molecule has 2 aromatic carbocycles. The predicted molar refractivity (Wildman–Crippen MR) is 111 cm³/mol. The molecule has 0 aliphatic heterocycles. The molecule has 0 unspecified atom stereocenters. The Morgan fingerprint density at radius 2 is 1.82 bits per heavy atom. The van der Waals surface area contributed by atoms with Gasteiger partial charge in [-0.3, -0.25) is 4.79 Å². The molecule has 0 atom stereocenters. The minimum Gasteiger partial charge on any atom is -0.484 e. The number of rotatable bonds is 10. The first-order valence-corrected chi connectivity index (χ1v) is 11.1. The summed E-state index contributed by atoms with van der Waals surface area (Å²) in [5.74, 6) is 0.358. The topological polar surface area (TPSA) is 75.7 Å². The van der Waals surface area contributed by atoms with Gasteiger partial charge in [0.2, 0.25) is 10.0 Å². The van der Waals surface area contributed by atoms with Gasteiger partial charge in [0.05, 0.1) is 6.26 Å². The Kier molecular flexibility index (Phi) is 8.29. The highest BCUT2D eigenvalue weighted by Crippen LogP contribution is 2.16. The number of nitrogens with one attached hydrogen (secondary N) is 1. The van der Waals surface area contributed by atoms with E-state index in [2.05, 4.69) is 5.32 Å². The number of aryl methyl sites for hydroxylation is 1. The fraction of sp³-hybridized carbons (Fsp3) is 0.350. The predicted octanol–water partition coefficient (Wildman–Crippen LogP) is 2.86. The lowest BCUT2D eigenvalue weighted by molar-refractivity contribution is -0.123. The summed E-state index contributed by atoms with van der Waals surface area (Å²) in [7, 11) is -1.70. The molecule has 0 aliphatic carbocycles. The van der Waals surface area contributed by atoms with E-state index in [0.29, 0.717) is 12.3 Å². The fourth-order valence-electron chi connectivity index (χ4n) is 2.47. The number of hydrogen-bond donors (Lipinski definition) is 1. The maximum Gasteiger partial charge on any atom is 0.257 e. The van der Waals surface area contributed by atoms with Crippen LogP contribution >= 0.6 is 11.6 Å². The van der Waals surface area contributed by atoms with Crippen molar-refractivity contribution < 1.29 is 17.9 Å². The maximum atomic E-state index is 11.9. The van der Waals surface area contributed by atoms with Gasteiger partial charge in [0, 0.05) is 25.2 Å². The van der Waals surface area contributed by atoms with Crippen LogP contribution in [-0.2, 0) is 27.8 Å². The van der Waals surface area contributed by atoms with E-state index in [0.717, 1.165) is 35.2 Å². The summed E-state index contributed by atoms with van der Waals surface area (Å²) in [4.78, 5) is 11.9. The molecule has 2 rings (SSSR count). The van der Waals surface area contributed by atoms with E-state index in [9.17, 15) is 13.2 Å². The molecule has 6 nitrogen and oxygen atoms in total. The first-order valence-electron chi connectivity index (χ1n) is 8.89. The normalized spacial score (nSPS) is 11.4. The van der Waals surface area contributed by atoms with E-state index in [1.165, 1.54) is 11.4 Å². The number of halogens is 1. The van der Waals surface area contributed by atoms with Gasteiger partial charge in [0.15, 0.2) is 6.61 Å². The zero-order valence-electron chi connectivity index (χ0n) is 16.0. The lowest BCUT2D eigenvalue weighted by Gasteiger charge is -2.14. The maximum absolute atomic E-state index is 11.9. The van der Waals surface area contributed by atoms with E-state index < -0.39 is 10.0 Å². The van der Waals surface area contributed by atoms with E-state index in [4.69, 9.17) is 16.3 Å². The van der Waals surface area contributed by atoms with Crippen molar-refractivity contribution in [2.24, 2.45) is 0 Å². The number of amides is 1. The zero-order chi connectivity index (χ0) is 20.6. The Balaban J connectivity index is 1.69. The number of ether oxygens (including phenoxy) is 1. The number of carbonyl (C=O) groups is 1. The molecular weight excluding hydrogens is 400 g/mol. The Labute approximate surface area is 171 Å². The molecule has 0 fully saturated rings. The Morgan fingerprint density at radius 1 is 1.14 bits per heavy atom. The molecule has 152 valence electrons. The van der Waals surface area contributed by atoms with Gasteiger partial charge in [-0.05, 0) is 42.2 Å². The number of hydrogen-bond acceptors (Lipinski definition) is 4. The van der Waals surface area contributed by atoms with Gasteiger partial charge < -0.3 is 10.1 Å². The van der Waals surface area contributed by atoms with E-state index in [1.807, 2.05) is 24.3 Å². The highest BCUT2D eigenvalue weighted by molar-refractivity contribution is 7.88. The van der Waals surface area contributed by atoms with Crippen LogP contribution in [0.25, 0.3) is 0 Å². The second-order valence-electron chi connectivity index (χ2n) is 6.50. The summed E-state index contributed by atoms with van der Waals surface area (Å²) in [5.41, 5.74) is 1.90. The van der Waals surface area contributed by atoms with Crippen LogP contribution in [0.5, 0.6) is 5.75 Å². The van der Waals surface area contributed by atoms with Crippen molar-refractivity contribution in [2.75, 3.05) is 26.5 Å². The molecular formula is C20H25ClN2O4S. The summed E-state index contributed by atoms with van der Waals surface area (Å²) in [6, 6.07) is 14.7. The van der Waals surface area contributed by atoms with Crippen LogP contribution in [0.2, 0.25) is 5.02 Å². The molecule has 0 aliphatic rings. The average molecular weight is 425 g/mol. The first kappa shape index (κ1) is 22.2. The van der Waals surface area contributed by atoms with Gasteiger partial charge in [-0.1, -0.05) is 41.9 Å². The van der Waals surface area contributed by atoms with Gasteiger partial charge in [-0.2, -0.15) is 0 Å². The average Bonchev–Trinajstić information content (AvgIpc) is 2.65. The molecule has 0 heterocycles. The molecule has 0 spiro atoms. The third-order valence-corrected chi connectivity index (χ3v) is 5.80. The van der Waals surface area contributed by atoms with Gasteiger partial charge in [0.1, 0.15) is 5.75 Å². The van der Waals surface area contributed by atoms with E-state index in [-0.39, 0.29) is 19.1 Å². The van der Waals surface area contributed by atoms with E-state index in [1.54, 1.807) is 24.3 Å². The van der Waals surface area contributed by atoms with Crippen LogP contribution in [0, 0.1) is 0 Å². The van der Waals surface area contributed by atoms with Crippen molar-refractivity contribution in [2.45, 2.75) is 19.4 Å². The SMILES string of the molecule is CN(Cc1ccc(OCC(=O)NCCCc2ccccc2Cl)cc1)S(C)(=O)=O. The molecule has 1 N–H and O–H groups in total. The smallest absolute Gasteiger partial charge is 0.257 e. The summed E-state index contributed by atoms with van der Waals surface area (Å²) < 4.78 is 29.6. The molecule has 1 amide bonds. The lowest BCUT2D eigenvalue weighted by atomic mass is 10.1. The van der Waals surface area contributed by atoms with Crippen molar-refractivity contribution in [3.63, 3.8) is 0 Å². The van der Waals surface area contributed by atoms with Gasteiger partial charge in [0.25, 0.3) is 5.91 Å². The first-order chi connectivity index (χ1) is 13.3. The lowest BCUT2D eigenvalue weighted by Crippen LogP contribution is -2.29. The summed E-state index contributed by atoms with van der Waals surface area (Å²) in [6.07, 6.45) is 2.75. The monoisotopic (exact) mass is 424 g/mol. The van der Waals surface area contributed by atoms with Crippen LogP contribution in [0.15, 0.2) is 48.5 Å². The molecule has 0 bridgehead atoms. The van der Waals surface area contributed by atoms with Crippen LogP contribution in [0.4, 0.5) is 0 Å². The third-order valence-electron chi connectivity index (χ3n) is 4.17. The van der Waals surface area contributed by atoms with Crippen molar-refractivity contribution in [3.05, 3.63) is 64.7 Å². The van der Waals surface area contributed by atoms with Gasteiger partial charge in [-0.25, -0.2) is 12.7 Å². The van der Waals surface area contributed by atoms with Crippen molar-refractivity contribution in [1.82, 2.24) is 9.62 Å². The zero-order valence-corrected chi connectivity index (χ0v) is 17.6. The minimum atomic E-state index is -3.22. The Hall–Kier alpha value is -2.09. The van der Waals surface area contributed by atoms with Crippen molar-refractivity contribution >= 4 is 27.5 Å². The highest BCUT2D eigenvalue weighted by atomic mass is 35.5. The highest BCUT2D eigenvalue weighted by Gasteiger charge is 2.11. The van der Waals surface area contributed by atoms with Gasteiger partial charge in [-0.15, -0.1) is 0 Å². The van der Waals surface area contributed by atoms with Crippen LogP contribution in [0.3, 0.4) is 0 Å². The largest absolute Gasteiger partial charge is 0.484 e. The standard InChI is InChI=1S/C20H25ClN2O4S/c1-23(28(2,25)26)14-16-9-11-18(12-10-16)27-15-20(24)22-13-5-7-17-6-3-4-8-19(17)21/h3-4,6,8-12H,5,7,13-15H2,1-2H3,(H,22,24). The molecule has 0 saturated carbocycles. The van der Waals surface area contributed by atoms with Crippen molar-refractivity contribution in [1.29, 1.82) is 0 Å². The summed E-state index contributed by atoms with van der Waals surface area (Å²) in [5, 5.41) is 3.56. The summed E-state index contributed by atoms with van der Waals surface area (Å²) >= 11 is 6.10. The van der Waals surface area contributed by atoms with Crippen molar-refractivity contribution in [3.8, 4) is 5.75 Å². The van der Waals surface area contributed by atoms with Crippen LogP contribution in [-0.4, -0.2) is 45.1 Å². The van der Waals surface area contributed by atoms with Crippen LogP contribution in [0.1, 0.15) is 17.5 Å². The second kappa shape index (κ2) is 10.5. The fourth-order valence-corrected chi connectivity index (χ4v) is 3.09. The number of benzene rings is 2. The molecule has 28 heavy (non-hydrogen) atoms. The molecule has 0 saturated heterocycles. The third kappa shape index (κ3) is 7.50. The van der Waals surface area contributed by atoms with Gasteiger partial charge >= 0.3 is 0 Å². The molecule has 8 heteroatoms.